The van der Waals surface area contributed by atoms with E-state index < -0.39 is 12.1 Å². The molecule has 0 aromatic carbocycles. The van der Waals surface area contributed by atoms with Gasteiger partial charge in [-0.1, -0.05) is 0 Å². The molecule has 0 unspecified atom stereocenters. The van der Waals surface area contributed by atoms with Crippen LogP contribution in [0.25, 0.3) is 0 Å². The molecule has 1 aromatic rings. The number of hydrogen-bond acceptors (Lipinski definition) is 3. The Bertz CT molecular complexity index is 454. The summed E-state index contributed by atoms with van der Waals surface area (Å²) in [6.45, 7) is 1.56. The number of aromatic nitrogens is 1. The molecule has 0 amide bonds. The molecule has 3 nitrogen and oxygen atoms in total. The Morgan fingerprint density at radius 1 is 1.53 bits per heavy atom. The summed E-state index contributed by atoms with van der Waals surface area (Å²) in [5, 5.41) is 8.59. The lowest BCUT2D eigenvalue weighted by atomic mass is 10.1. The fourth-order valence-electron chi connectivity index (χ4n) is 1.29. The highest BCUT2D eigenvalue weighted by Gasteiger charge is 2.33. The van der Waals surface area contributed by atoms with Gasteiger partial charge < -0.3 is 4.74 Å². The average molecular weight is 265 g/mol. The molecule has 0 atom stereocenters. The van der Waals surface area contributed by atoms with Crippen molar-refractivity contribution in [2.24, 2.45) is 0 Å². The fourth-order valence-corrected chi connectivity index (χ4v) is 1.49. The third kappa shape index (κ3) is 3.49. The van der Waals surface area contributed by atoms with Crippen molar-refractivity contribution < 1.29 is 17.9 Å². The predicted octanol–water partition coefficient (Wildman–Crippen LogP) is 3.09. The van der Waals surface area contributed by atoms with Gasteiger partial charge in [0.15, 0.2) is 5.75 Å². The summed E-state index contributed by atoms with van der Waals surface area (Å²) in [4.78, 5) is 3.76. The van der Waals surface area contributed by atoms with Crippen molar-refractivity contribution in [1.82, 2.24) is 4.98 Å². The Labute approximate surface area is 101 Å². The molecule has 1 heterocycles. The van der Waals surface area contributed by atoms with Gasteiger partial charge in [0.25, 0.3) is 0 Å². The van der Waals surface area contributed by atoms with Gasteiger partial charge in [-0.25, -0.2) is 0 Å². The molecule has 0 aliphatic rings. The van der Waals surface area contributed by atoms with Crippen LogP contribution in [-0.4, -0.2) is 11.3 Å². The molecule has 0 aliphatic carbocycles. The van der Waals surface area contributed by atoms with Crippen molar-refractivity contribution in [2.75, 3.05) is 0 Å². The fraction of sp³-hybridized carbons (Fsp3) is 0.400. The van der Waals surface area contributed by atoms with E-state index in [1.54, 1.807) is 13.0 Å². The molecule has 0 fully saturated rings. The molecule has 1 rings (SSSR count). The Kier molecular flexibility index (Phi) is 4.18. The van der Waals surface area contributed by atoms with Crippen LogP contribution in [0.3, 0.4) is 0 Å². The number of alkyl halides is 4. The minimum atomic E-state index is -4.83. The molecule has 17 heavy (non-hydrogen) atoms. The monoisotopic (exact) mass is 264 g/mol. The van der Waals surface area contributed by atoms with Crippen molar-refractivity contribution in [2.45, 2.75) is 25.6 Å². The summed E-state index contributed by atoms with van der Waals surface area (Å²) in [5.74, 6) is -0.682. The van der Waals surface area contributed by atoms with E-state index in [0.717, 1.165) is 0 Å². The first-order chi connectivity index (χ1) is 7.89. The number of pyridine rings is 1. The second-order valence-electron chi connectivity index (χ2n) is 3.21. The zero-order chi connectivity index (χ0) is 13.1. The molecule has 7 heteroatoms. The standard InChI is InChI=1S/C10H8ClF3N2O/c1-6-5-16-8(4-11)9(7(6)2-3-15)17-10(12,13)14/h5H,2,4H2,1H3. The maximum atomic E-state index is 12.2. The zero-order valence-corrected chi connectivity index (χ0v) is 9.56. The van der Waals surface area contributed by atoms with Crippen LogP contribution in [0.5, 0.6) is 5.75 Å². The third-order valence-electron chi connectivity index (χ3n) is 2.03. The van der Waals surface area contributed by atoms with Crippen LogP contribution in [0.15, 0.2) is 6.20 Å². The van der Waals surface area contributed by atoms with Crippen LogP contribution in [0, 0.1) is 18.3 Å². The molecule has 1 aromatic heterocycles. The third-order valence-corrected chi connectivity index (χ3v) is 2.28. The highest BCUT2D eigenvalue weighted by Crippen LogP contribution is 2.32. The number of hydrogen-bond donors (Lipinski definition) is 0. The lowest BCUT2D eigenvalue weighted by Gasteiger charge is -2.15. The molecule has 0 saturated carbocycles. The van der Waals surface area contributed by atoms with Crippen LogP contribution in [0.4, 0.5) is 13.2 Å². The molecule has 0 saturated heterocycles. The number of ether oxygens (including phenoxy) is 1. The molecule has 0 radical (unpaired) electrons. The van der Waals surface area contributed by atoms with Crippen LogP contribution in [-0.2, 0) is 12.3 Å². The highest BCUT2D eigenvalue weighted by molar-refractivity contribution is 6.17. The molecule has 0 spiro atoms. The lowest BCUT2D eigenvalue weighted by Crippen LogP contribution is -2.20. The van der Waals surface area contributed by atoms with Gasteiger partial charge in [-0.3, -0.25) is 4.98 Å². The van der Waals surface area contributed by atoms with Gasteiger partial charge in [-0.05, 0) is 12.5 Å². The quantitative estimate of drug-likeness (QED) is 0.788. The van der Waals surface area contributed by atoms with Gasteiger partial charge in [0, 0.05) is 11.8 Å². The molecule has 0 N–H and O–H groups in total. The van der Waals surface area contributed by atoms with Crippen molar-refractivity contribution in [3.05, 3.63) is 23.0 Å². The predicted molar refractivity (Wildman–Crippen MR) is 54.5 cm³/mol. The molecular formula is C10H8ClF3N2O. The van der Waals surface area contributed by atoms with Crippen LogP contribution in [0.2, 0.25) is 0 Å². The minimum Gasteiger partial charge on any atom is -0.403 e. The van der Waals surface area contributed by atoms with E-state index in [0.29, 0.717) is 5.56 Å². The Morgan fingerprint density at radius 3 is 2.65 bits per heavy atom. The molecule has 0 bridgehead atoms. The van der Waals surface area contributed by atoms with Crippen molar-refractivity contribution >= 4 is 11.6 Å². The topological polar surface area (TPSA) is 45.9 Å². The first-order valence-electron chi connectivity index (χ1n) is 4.55. The zero-order valence-electron chi connectivity index (χ0n) is 8.81. The summed E-state index contributed by atoms with van der Waals surface area (Å²) in [5.41, 5.74) is 0.593. The highest BCUT2D eigenvalue weighted by atomic mass is 35.5. The van der Waals surface area contributed by atoms with E-state index in [-0.39, 0.29) is 23.6 Å². The second kappa shape index (κ2) is 5.23. The summed E-state index contributed by atoms with van der Waals surface area (Å²) in [6, 6.07) is 1.78. The van der Waals surface area contributed by atoms with E-state index in [2.05, 4.69) is 9.72 Å². The van der Waals surface area contributed by atoms with Crippen LogP contribution in [0.1, 0.15) is 16.8 Å². The minimum absolute atomic E-state index is 0.0279. The average Bonchev–Trinajstić information content (AvgIpc) is 2.22. The lowest BCUT2D eigenvalue weighted by molar-refractivity contribution is -0.275. The maximum Gasteiger partial charge on any atom is 0.573 e. The van der Waals surface area contributed by atoms with Gasteiger partial charge in [-0.2, -0.15) is 5.26 Å². The summed E-state index contributed by atoms with van der Waals surface area (Å²) in [7, 11) is 0. The first kappa shape index (κ1) is 13.6. The number of nitriles is 1. The van der Waals surface area contributed by atoms with Crippen molar-refractivity contribution in [1.29, 1.82) is 5.26 Å². The van der Waals surface area contributed by atoms with E-state index >= 15 is 0 Å². The number of rotatable bonds is 3. The SMILES string of the molecule is Cc1cnc(CCl)c(OC(F)(F)F)c1CC#N. The van der Waals surface area contributed by atoms with Crippen molar-refractivity contribution in [3.63, 3.8) is 0 Å². The van der Waals surface area contributed by atoms with Crippen LogP contribution >= 0.6 is 11.6 Å². The molecule has 92 valence electrons. The van der Waals surface area contributed by atoms with Gasteiger partial charge in [0.2, 0.25) is 0 Å². The largest absolute Gasteiger partial charge is 0.573 e. The van der Waals surface area contributed by atoms with E-state index in [1.165, 1.54) is 6.20 Å². The summed E-state index contributed by atoms with van der Waals surface area (Å²) in [6.07, 6.45) is -3.65. The van der Waals surface area contributed by atoms with Crippen molar-refractivity contribution in [3.8, 4) is 11.8 Å². The summed E-state index contributed by atoms with van der Waals surface area (Å²) < 4.78 is 40.6. The number of halogens is 4. The summed E-state index contributed by atoms with van der Waals surface area (Å²) >= 11 is 5.49. The van der Waals surface area contributed by atoms with Crippen LogP contribution < -0.4 is 4.74 Å². The van der Waals surface area contributed by atoms with E-state index in [1.807, 2.05) is 0 Å². The van der Waals surface area contributed by atoms with Gasteiger partial charge in [0.1, 0.15) is 0 Å². The molecule has 0 aliphatic heterocycles. The normalized spacial score (nSPS) is 11.1. The maximum absolute atomic E-state index is 12.2. The Morgan fingerprint density at radius 2 is 2.18 bits per heavy atom. The second-order valence-corrected chi connectivity index (χ2v) is 3.48. The number of aryl methyl sites for hydroxylation is 1. The van der Waals surface area contributed by atoms with E-state index in [9.17, 15) is 13.2 Å². The first-order valence-corrected chi connectivity index (χ1v) is 5.08. The number of nitrogens with zero attached hydrogens (tertiary/aromatic N) is 2. The van der Waals surface area contributed by atoms with E-state index in [4.69, 9.17) is 16.9 Å². The molecular weight excluding hydrogens is 257 g/mol. The van der Waals surface area contributed by atoms with Gasteiger partial charge in [-0.15, -0.1) is 24.8 Å². The Balaban J connectivity index is 3.30. The smallest absolute Gasteiger partial charge is 0.403 e. The Hall–Kier alpha value is -1.48. The van der Waals surface area contributed by atoms with Gasteiger partial charge in [0.05, 0.1) is 24.1 Å². The van der Waals surface area contributed by atoms with Gasteiger partial charge >= 0.3 is 6.36 Å².